The number of amides is 2. The summed E-state index contributed by atoms with van der Waals surface area (Å²) in [7, 11) is 0. The van der Waals surface area contributed by atoms with Gasteiger partial charge in [0.1, 0.15) is 6.61 Å². The van der Waals surface area contributed by atoms with Crippen LogP contribution in [-0.4, -0.2) is 41.8 Å². The average Bonchev–Trinajstić information content (AvgIpc) is 3.04. The Bertz CT molecular complexity index is 985. The Morgan fingerprint density at radius 3 is 2.23 bits per heavy atom. The predicted octanol–water partition coefficient (Wildman–Crippen LogP) is 2.77. The lowest BCUT2D eigenvalue weighted by molar-refractivity contribution is -0.139. The van der Waals surface area contributed by atoms with Crippen molar-refractivity contribution in [1.82, 2.24) is 15.2 Å². The zero-order chi connectivity index (χ0) is 21.8. The van der Waals surface area contributed by atoms with Crippen molar-refractivity contribution in [1.29, 1.82) is 0 Å². The number of hydrogen-bond donors (Lipinski definition) is 2. The first kappa shape index (κ1) is 21.2. The number of aromatic nitrogens is 1. The van der Waals surface area contributed by atoms with E-state index in [0.717, 1.165) is 17.1 Å². The van der Waals surface area contributed by atoms with Gasteiger partial charge in [0.15, 0.2) is 0 Å². The summed E-state index contributed by atoms with van der Waals surface area (Å²) in [4.78, 5) is 36.5. The number of ether oxygens (including phenoxy) is 2. The van der Waals surface area contributed by atoms with Crippen molar-refractivity contribution in [2.75, 3.05) is 13.2 Å². The average molecular weight is 411 g/mol. The van der Waals surface area contributed by atoms with Crippen molar-refractivity contribution in [3.8, 4) is 5.69 Å². The maximum Gasteiger partial charge on any atom is 0.338 e. The highest BCUT2D eigenvalue weighted by Gasteiger charge is 2.30. The number of aryl methyl sites for hydroxylation is 2. The second-order valence-corrected chi connectivity index (χ2v) is 7.01. The molecule has 0 spiro atoms. The van der Waals surface area contributed by atoms with E-state index in [-0.39, 0.29) is 24.5 Å². The number of esters is 2. The molecular formula is C22H25N3O5. The normalized spacial score (nSPS) is 16.0. The molecule has 1 aromatic heterocycles. The van der Waals surface area contributed by atoms with E-state index >= 15 is 0 Å². The molecule has 0 fully saturated rings. The number of carbonyl (C=O) groups is 3. The zero-order valence-corrected chi connectivity index (χ0v) is 17.4. The maximum absolute atomic E-state index is 12.5. The van der Waals surface area contributed by atoms with Crippen LogP contribution in [0.2, 0.25) is 0 Å². The molecule has 0 bridgehead atoms. The van der Waals surface area contributed by atoms with Gasteiger partial charge in [-0.15, -0.1) is 0 Å². The lowest BCUT2D eigenvalue weighted by Crippen LogP contribution is -2.50. The fourth-order valence-corrected chi connectivity index (χ4v) is 3.44. The summed E-state index contributed by atoms with van der Waals surface area (Å²) in [6.45, 7) is 7.33. The molecule has 158 valence electrons. The molecule has 2 N–H and O–H groups in total. The Balaban J connectivity index is 1.74. The second kappa shape index (κ2) is 8.86. The number of benzene rings is 1. The quantitative estimate of drug-likeness (QED) is 0.712. The van der Waals surface area contributed by atoms with Crippen LogP contribution in [-0.2, 0) is 14.3 Å². The van der Waals surface area contributed by atoms with E-state index in [4.69, 9.17) is 9.47 Å². The van der Waals surface area contributed by atoms with E-state index in [1.54, 1.807) is 26.0 Å². The van der Waals surface area contributed by atoms with Crippen LogP contribution < -0.4 is 10.6 Å². The van der Waals surface area contributed by atoms with Gasteiger partial charge in [-0.25, -0.2) is 14.4 Å². The van der Waals surface area contributed by atoms with Gasteiger partial charge in [0.05, 0.1) is 29.5 Å². The first-order chi connectivity index (χ1) is 14.3. The number of urea groups is 1. The number of nitrogens with zero attached hydrogens (tertiary/aromatic N) is 1. The van der Waals surface area contributed by atoms with Gasteiger partial charge in [0.2, 0.25) is 0 Å². The Morgan fingerprint density at radius 2 is 1.63 bits per heavy atom. The van der Waals surface area contributed by atoms with E-state index in [1.165, 1.54) is 0 Å². The Kier molecular flexibility index (Phi) is 6.25. The highest BCUT2D eigenvalue weighted by molar-refractivity contribution is 5.95. The minimum absolute atomic E-state index is 0.197. The van der Waals surface area contributed by atoms with Gasteiger partial charge in [-0.05, 0) is 64.1 Å². The van der Waals surface area contributed by atoms with Gasteiger partial charge in [0, 0.05) is 17.1 Å². The maximum atomic E-state index is 12.5. The number of rotatable bonds is 6. The van der Waals surface area contributed by atoms with Crippen LogP contribution in [0.25, 0.3) is 5.69 Å². The van der Waals surface area contributed by atoms with Crippen LogP contribution in [0.3, 0.4) is 0 Å². The van der Waals surface area contributed by atoms with Crippen molar-refractivity contribution in [2.24, 2.45) is 0 Å². The fourth-order valence-electron chi connectivity index (χ4n) is 3.44. The summed E-state index contributed by atoms with van der Waals surface area (Å²) < 4.78 is 12.5. The smallest absolute Gasteiger partial charge is 0.338 e. The summed E-state index contributed by atoms with van der Waals surface area (Å²) in [6.07, 6.45) is 0. The molecule has 2 heterocycles. The molecule has 1 aromatic carbocycles. The van der Waals surface area contributed by atoms with Crippen molar-refractivity contribution in [3.05, 3.63) is 64.6 Å². The van der Waals surface area contributed by atoms with E-state index in [0.29, 0.717) is 5.56 Å². The molecule has 0 aliphatic carbocycles. The lowest BCUT2D eigenvalue weighted by Gasteiger charge is -2.26. The molecular weight excluding hydrogens is 386 g/mol. The molecule has 0 unspecified atom stereocenters. The summed E-state index contributed by atoms with van der Waals surface area (Å²) in [6, 6.07) is 10.1. The summed E-state index contributed by atoms with van der Waals surface area (Å²) in [5, 5.41) is 5.13. The molecule has 0 radical (unpaired) electrons. The summed E-state index contributed by atoms with van der Waals surface area (Å²) in [5.41, 5.74) is 3.95. The largest absolute Gasteiger partial charge is 0.463 e. The first-order valence-electron chi connectivity index (χ1n) is 9.72. The van der Waals surface area contributed by atoms with E-state index in [1.807, 2.05) is 38.1 Å². The first-order valence-corrected chi connectivity index (χ1v) is 9.72. The molecule has 0 saturated carbocycles. The van der Waals surface area contributed by atoms with Gasteiger partial charge in [-0.2, -0.15) is 0 Å². The molecule has 1 aliphatic heterocycles. The van der Waals surface area contributed by atoms with Crippen LogP contribution in [0, 0.1) is 13.8 Å². The monoisotopic (exact) mass is 411 g/mol. The molecule has 2 amide bonds. The minimum Gasteiger partial charge on any atom is -0.463 e. The molecule has 3 rings (SSSR count). The second-order valence-electron chi connectivity index (χ2n) is 7.01. The highest BCUT2D eigenvalue weighted by Crippen LogP contribution is 2.18. The van der Waals surface area contributed by atoms with Crippen LogP contribution in [0.15, 0.2) is 47.7 Å². The molecule has 8 nitrogen and oxygen atoms in total. The van der Waals surface area contributed by atoms with Crippen LogP contribution >= 0.6 is 0 Å². The zero-order valence-electron chi connectivity index (χ0n) is 17.4. The molecule has 30 heavy (non-hydrogen) atoms. The van der Waals surface area contributed by atoms with Crippen molar-refractivity contribution >= 4 is 18.0 Å². The molecule has 0 saturated heterocycles. The Hall–Kier alpha value is -3.55. The van der Waals surface area contributed by atoms with Gasteiger partial charge in [-0.3, -0.25) is 0 Å². The molecule has 1 aliphatic rings. The van der Waals surface area contributed by atoms with E-state index in [2.05, 4.69) is 15.2 Å². The third-order valence-corrected chi connectivity index (χ3v) is 4.85. The molecule has 8 heteroatoms. The Labute approximate surface area is 174 Å². The highest BCUT2D eigenvalue weighted by atomic mass is 16.5. The lowest BCUT2D eigenvalue weighted by atomic mass is 10.0. The third kappa shape index (κ3) is 4.37. The minimum atomic E-state index is -0.564. The van der Waals surface area contributed by atoms with Gasteiger partial charge < -0.3 is 24.7 Å². The van der Waals surface area contributed by atoms with Crippen LogP contribution in [0.5, 0.6) is 0 Å². The number of hydrogen-bond acceptors (Lipinski definition) is 5. The van der Waals surface area contributed by atoms with E-state index < -0.39 is 24.0 Å². The van der Waals surface area contributed by atoms with Crippen molar-refractivity contribution in [2.45, 2.75) is 33.7 Å². The number of nitrogens with one attached hydrogen (secondary N) is 2. The SMILES string of the molecule is CCOC(=O)C1=C(COC(=O)c2ccc(-n3c(C)ccc3C)cc2)NC(=O)N[C@H]1C. The molecule has 1 atom stereocenters. The predicted molar refractivity (Wildman–Crippen MR) is 110 cm³/mol. The summed E-state index contributed by atoms with van der Waals surface area (Å²) in [5.74, 6) is -1.12. The van der Waals surface area contributed by atoms with Crippen LogP contribution in [0.4, 0.5) is 4.79 Å². The third-order valence-electron chi connectivity index (χ3n) is 4.85. The van der Waals surface area contributed by atoms with Crippen molar-refractivity contribution in [3.63, 3.8) is 0 Å². The van der Waals surface area contributed by atoms with Gasteiger partial charge in [0.25, 0.3) is 0 Å². The standard InChI is InChI=1S/C22H25N3O5/c1-5-29-21(27)19-15(4)23-22(28)24-18(19)12-30-20(26)16-8-10-17(11-9-16)25-13(2)6-7-14(25)3/h6-11,15H,5,12H2,1-4H3,(H2,23,24,28)/t15-/m0/s1. The number of carbonyl (C=O) groups excluding carboxylic acids is 3. The topological polar surface area (TPSA) is 98.7 Å². The van der Waals surface area contributed by atoms with Gasteiger partial charge >= 0.3 is 18.0 Å². The van der Waals surface area contributed by atoms with Gasteiger partial charge in [-0.1, -0.05) is 0 Å². The fraction of sp³-hybridized carbons (Fsp3) is 0.318. The van der Waals surface area contributed by atoms with E-state index in [9.17, 15) is 14.4 Å². The molecule has 2 aromatic rings. The van der Waals surface area contributed by atoms with Crippen molar-refractivity contribution < 1.29 is 23.9 Å². The Morgan fingerprint density at radius 1 is 1.00 bits per heavy atom. The van der Waals surface area contributed by atoms with Crippen LogP contribution in [0.1, 0.15) is 35.6 Å². The summed E-state index contributed by atoms with van der Waals surface area (Å²) >= 11 is 0.